The monoisotopic (exact) mass is 492 g/mol. The molecule has 2 aromatic rings. The second-order valence-corrected chi connectivity index (χ2v) is 9.04. The summed E-state index contributed by atoms with van der Waals surface area (Å²) in [5, 5.41) is 11.8. The highest BCUT2D eigenvalue weighted by atomic mass is 16.2. The van der Waals surface area contributed by atoms with Crippen LogP contribution in [-0.4, -0.2) is 49.6 Å². The minimum Gasteiger partial charge on any atom is -0.325 e. The molecule has 0 bridgehead atoms. The van der Waals surface area contributed by atoms with Crippen molar-refractivity contribution in [2.75, 3.05) is 36.8 Å². The molecular formula is C28H36N4O4. The van der Waals surface area contributed by atoms with Crippen LogP contribution >= 0.6 is 0 Å². The van der Waals surface area contributed by atoms with Crippen molar-refractivity contribution >= 4 is 34.8 Å². The average Bonchev–Trinajstić information content (AvgIpc) is 2.87. The molecular weight excluding hydrogens is 456 g/mol. The van der Waals surface area contributed by atoms with Gasteiger partial charge in [-0.1, -0.05) is 39.5 Å². The zero-order valence-corrected chi connectivity index (χ0v) is 21.2. The van der Waals surface area contributed by atoms with E-state index in [0.29, 0.717) is 11.4 Å². The van der Waals surface area contributed by atoms with Crippen molar-refractivity contribution < 1.29 is 19.2 Å². The maximum Gasteiger partial charge on any atom is 0.238 e. The van der Waals surface area contributed by atoms with Gasteiger partial charge in [-0.3, -0.25) is 19.2 Å². The number of carbonyl (C=O) groups is 4. The lowest BCUT2D eigenvalue weighted by molar-refractivity contribution is -0.116. The summed E-state index contributed by atoms with van der Waals surface area (Å²) in [6.07, 6.45) is 6.49. The molecule has 36 heavy (non-hydrogen) atoms. The highest BCUT2D eigenvalue weighted by Crippen LogP contribution is 2.31. The van der Waals surface area contributed by atoms with Crippen LogP contribution in [0.15, 0.2) is 36.4 Å². The van der Waals surface area contributed by atoms with Gasteiger partial charge >= 0.3 is 0 Å². The van der Waals surface area contributed by atoms with Gasteiger partial charge < -0.3 is 21.3 Å². The van der Waals surface area contributed by atoms with Crippen molar-refractivity contribution in [3.8, 4) is 0 Å². The van der Waals surface area contributed by atoms with Gasteiger partial charge in [0.15, 0.2) is 11.6 Å². The first-order chi connectivity index (χ1) is 17.4. The molecule has 0 saturated heterocycles. The van der Waals surface area contributed by atoms with Gasteiger partial charge in [-0.05, 0) is 62.3 Å². The Bertz CT molecular complexity index is 1030. The van der Waals surface area contributed by atoms with Crippen molar-refractivity contribution in [2.45, 2.75) is 52.4 Å². The van der Waals surface area contributed by atoms with Crippen molar-refractivity contribution in [2.24, 2.45) is 0 Å². The Labute approximate surface area is 212 Å². The summed E-state index contributed by atoms with van der Waals surface area (Å²) in [6.45, 7) is 6.15. The van der Waals surface area contributed by atoms with E-state index in [1.54, 1.807) is 36.4 Å². The number of amides is 2. The van der Waals surface area contributed by atoms with Gasteiger partial charge in [0.2, 0.25) is 11.8 Å². The third-order valence-corrected chi connectivity index (χ3v) is 6.07. The van der Waals surface area contributed by atoms with Gasteiger partial charge in [-0.15, -0.1) is 0 Å². The van der Waals surface area contributed by atoms with Crippen LogP contribution in [0.1, 0.15) is 84.2 Å². The van der Waals surface area contributed by atoms with E-state index in [0.717, 1.165) is 51.6 Å². The standard InChI is InChI=1S/C28H36N4O4/c1-3-5-7-13-29-17-25(33)31-19-9-11-21-23(15-19)27(35)22-12-10-20(16-24(22)28(21)36)32-26(34)18-30-14-8-6-4-2/h9-12,15-16,29-30H,3-8,13-14,17-18H2,1-2H3,(H,31,33)(H,32,34). The molecule has 2 aromatic carbocycles. The number of carbonyl (C=O) groups excluding carboxylic acids is 4. The molecule has 192 valence electrons. The van der Waals surface area contributed by atoms with E-state index in [4.69, 9.17) is 0 Å². The number of ketones is 2. The second-order valence-electron chi connectivity index (χ2n) is 9.04. The predicted molar refractivity (Wildman–Crippen MR) is 142 cm³/mol. The molecule has 2 amide bonds. The zero-order chi connectivity index (χ0) is 25.9. The molecule has 0 unspecified atom stereocenters. The number of anilines is 2. The normalized spacial score (nSPS) is 12.2. The quantitative estimate of drug-likeness (QED) is 0.254. The van der Waals surface area contributed by atoms with E-state index in [2.05, 4.69) is 35.1 Å². The van der Waals surface area contributed by atoms with Gasteiger partial charge in [0, 0.05) is 33.6 Å². The smallest absolute Gasteiger partial charge is 0.238 e. The highest BCUT2D eigenvalue weighted by Gasteiger charge is 2.30. The van der Waals surface area contributed by atoms with E-state index in [9.17, 15) is 19.2 Å². The minimum atomic E-state index is -0.288. The lowest BCUT2D eigenvalue weighted by Gasteiger charge is -2.19. The molecule has 0 saturated carbocycles. The molecule has 4 N–H and O–H groups in total. The second kappa shape index (κ2) is 13.7. The zero-order valence-electron chi connectivity index (χ0n) is 21.2. The summed E-state index contributed by atoms with van der Waals surface area (Å²) in [4.78, 5) is 50.8. The number of fused-ring (bicyclic) bond motifs is 2. The Morgan fingerprint density at radius 1 is 0.611 bits per heavy atom. The Morgan fingerprint density at radius 2 is 1.03 bits per heavy atom. The van der Waals surface area contributed by atoms with Crippen LogP contribution in [0.2, 0.25) is 0 Å². The molecule has 0 atom stereocenters. The van der Waals surface area contributed by atoms with Crippen LogP contribution in [0.25, 0.3) is 0 Å². The summed E-state index contributed by atoms with van der Waals surface area (Å²) < 4.78 is 0. The number of benzene rings is 2. The first-order valence-corrected chi connectivity index (χ1v) is 12.8. The van der Waals surface area contributed by atoms with E-state index in [-0.39, 0.29) is 58.7 Å². The van der Waals surface area contributed by atoms with Crippen molar-refractivity contribution in [3.63, 3.8) is 0 Å². The molecule has 1 aliphatic carbocycles. The molecule has 0 spiro atoms. The molecule has 0 aromatic heterocycles. The van der Waals surface area contributed by atoms with Crippen molar-refractivity contribution in [3.05, 3.63) is 58.7 Å². The maximum atomic E-state index is 13.2. The van der Waals surface area contributed by atoms with E-state index >= 15 is 0 Å². The number of unbranched alkanes of at least 4 members (excludes halogenated alkanes) is 4. The van der Waals surface area contributed by atoms with Crippen LogP contribution in [0, 0.1) is 0 Å². The Kier molecular flexibility index (Phi) is 10.3. The van der Waals surface area contributed by atoms with E-state index in [1.807, 2.05) is 0 Å². The summed E-state index contributed by atoms with van der Waals surface area (Å²) in [7, 11) is 0. The van der Waals surface area contributed by atoms with Crippen LogP contribution < -0.4 is 21.3 Å². The number of rotatable bonds is 14. The highest BCUT2D eigenvalue weighted by molar-refractivity contribution is 6.29. The van der Waals surface area contributed by atoms with Gasteiger partial charge in [0.25, 0.3) is 0 Å². The predicted octanol–water partition coefficient (Wildman–Crippen LogP) is 3.90. The first kappa shape index (κ1) is 27.2. The summed E-state index contributed by atoms with van der Waals surface area (Å²) in [6, 6.07) is 9.48. The Balaban J connectivity index is 1.63. The first-order valence-electron chi connectivity index (χ1n) is 12.8. The van der Waals surface area contributed by atoms with Crippen LogP contribution in [0.5, 0.6) is 0 Å². The Morgan fingerprint density at radius 3 is 1.42 bits per heavy atom. The molecule has 0 heterocycles. The molecule has 0 fully saturated rings. The maximum absolute atomic E-state index is 13.2. The van der Waals surface area contributed by atoms with Gasteiger partial charge in [-0.25, -0.2) is 0 Å². The number of nitrogens with one attached hydrogen (secondary N) is 4. The van der Waals surface area contributed by atoms with Gasteiger partial charge in [0.05, 0.1) is 13.1 Å². The lowest BCUT2D eigenvalue weighted by atomic mass is 9.83. The van der Waals surface area contributed by atoms with Crippen molar-refractivity contribution in [1.29, 1.82) is 0 Å². The summed E-state index contributed by atoms with van der Waals surface area (Å²) in [5.41, 5.74) is 2.01. The molecule has 0 aliphatic heterocycles. The summed E-state index contributed by atoms with van der Waals surface area (Å²) in [5.74, 6) is -0.990. The van der Waals surface area contributed by atoms with Gasteiger partial charge in [-0.2, -0.15) is 0 Å². The third-order valence-electron chi connectivity index (χ3n) is 6.07. The Hall–Kier alpha value is -3.36. The van der Waals surface area contributed by atoms with E-state index < -0.39 is 0 Å². The molecule has 1 aliphatic rings. The minimum absolute atomic E-state index is 0.180. The molecule has 3 rings (SSSR count). The van der Waals surface area contributed by atoms with Crippen LogP contribution in [0.3, 0.4) is 0 Å². The average molecular weight is 493 g/mol. The molecule has 0 radical (unpaired) electrons. The number of hydrogen-bond donors (Lipinski definition) is 4. The third kappa shape index (κ3) is 7.32. The topological polar surface area (TPSA) is 116 Å². The van der Waals surface area contributed by atoms with Crippen LogP contribution in [-0.2, 0) is 9.59 Å². The fraction of sp³-hybridized carbons (Fsp3) is 0.429. The SMILES string of the molecule is CCCCCNCC(=O)Nc1ccc2c(c1)C(=O)c1ccc(NC(=O)CNCCCCC)cc1C2=O. The van der Waals surface area contributed by atoms with E-state index in [1.165, 1.54) is 0 Å². The molecule has 8 nitrogen and oxygen atoms in total. The van der Waals surface area contributed by atoms with Crippen LogP contribution in [0.4, 0.5) is 11.4 Å². The molecule has 8 heteroatoms. The fourth-order valence-corrected chi connectivity index (χ4v) is 4.12. The van der Waals surface area contributed by atoms with Crippen molar-refractivity contribution in [1.82, 2.24) is 10.6 Å². The number of hydrogen-bond acceptors (Lipinski definition) is 6. The summed E-state index contributed by atoms with van der Waals surface area (Å²) >= 11 is 0. The fourth-order valence-electron chi connectivity index (χ4n) is 4.12. The van der Waals surface area contributed by atoms with Gasteiger partial charge in [0.1, 0.15) is 0 Å². The largest absolute Gasteiger partial charge is 0.325 e. The lowest BCUT2D eigenvalue weighted by Crippen LogP contribution is -2.29.